The van der Waals surface area contributed by atoms with Crippen LogP contribution in [0.4, 0.5) is 0 Å². The lowest BCUT2D eigenvalue weighted by Crippen LogP contribution is -2.33. The smallest absolute Gasteiger partial charge is 0.0714 e. The monoisotopic (exact) mass is 174 g/mol. The Morgan fingerprint density at radius 3 is 2.36 bits per heavy atom. The van der Waals surface area contributed by atoms with Crippen LogP contribution in [0.5, 0.6) is 0 Å². The zero-order chi connectivity index (χ0) is 8.10. The van der Waals surface area contributed by atoms with Crippen LogP contribution in [0.25, 0.3) is 0 Å². The average Bonchev–Trinajstić information content (AvgIpc) is 2.07. The Bertz CT molecular complexity index is 102. The summed E-state index contributed by atoms with van der Waals surface area (Å²) in [4.78, 5) is 0. The van der Waals surface area contributed by atoms with Gasteiger partial charge in [-0.15, -0.1) is 0 Å². The molecule has 0 spiro atoms. The van der Waals surface area contributed by atoms with Crippen molar-refractivity contribution in [3.8, 4) is 0 Å². The Morgan fingerprint density at radius 2 is 1.82 bits per heavy atom. The molecule has 1 aliphatic rings. The lowest BCUT2D eigenvalue weighted by atomic mass is 10.3. The summed E-state index contributed by atoms with van der Waals surface area (Å²) in [5.41, 5.74) is -0.111. The van der Waals surface area contributed by atoms with Gasteiger partial charge in [0.1, 0.15) is 0 Å². The van der Waals surface area contributed by atoms with Crippen LogP contribution in [-0.4, -0.2) is 31.3 Å². The second-order valence-corrected chi connectivity index (χ2v) is 6.92. The minimum absolute atomic E-state index is 0.111. The van der Waals surface area contributed by atoms with E-state index in [4.69, 9.17) is 5.11 Å². The summed E-state index contributed by atoms with van der Waals surface area (Å²) in [6.07, 6.45) is 4.62. The summed E-state index contributed by atoms with van der Waals surface area (Å²) < 4.78 is 0. The Balaban J connectivity index is 2.21. The van der Waals surface area contributed by atoms with Crippen LogP contribution in [0, 0.1) is 0 Å². The SMILES string of the molecule is OCCC(O)[SiH]1CCCCC1. The Morgan fingerprint density at radius 1 is 1.18 bits per heavy atom. The van der Waals surface area contributed by atoms with Gasteiger partial charge in [-0.05, 0) is 6.42 Å². The van der Waals surface area contributed by atoms with Gasteiger partial charge in [0.05, 0.1) is 8.80 Å². The Labute approximate surface area is 69.9 Å². The molecule has 11 heavy (non-hydrogen) atoms. The summed E-state index contributed by atoms with van der Waals surface area (Å²) in [5.74, 6) is 0. The average molecular weight is 174 g/mol. The topological polar surface area (TPSA) is 40.5 Å². The Kier molecular flexibility index (Phi) is 4.11. The fraction of sp³-hybridized carbons (Fsp3) is 1.00. The van der Waals surface area contributed by atoms with Crippen LogP contribution >= 0.6 is 0 Å². The predicted molar refractivity (Wildman–Crippen MR) is 48.3 cm³/mol. The number of rotatable bonds is 3. The second-order valence-electron chi connectivity index (χ2n) is 3.48. The van der Waals surface area contributed by atoms with Gasteiger partial charge in [-0.25, -0.2) is 0 Å². The van der Waals surface area contributed by atoms with Crippen LogP contribution < -0.4 is 0 Å². The molecule has 3 heteroatoms. The van der Waals surface area contributed by atoms with Crippen molar-refractivity contribution in [2.24, 2.45) is 0 Å². The van der Waals surface area contributed by atoms with Gasteiger partial charge in [-0.1, -0.05) is 31.4 Å². The highest BCUT2D eigenvalue weighted by Gasteiger charge is 2.22. The molecule has 1 atom stereocenters. The quantitative estimate of drug-likeness (QED) is 0.618. The largest absolute Gasteiger partial charge is 0.397 e. The van der Waals surface area contributed by atoms with Gasteiger partial charge in [-0.2, -0.15) is 0 Å². The first-order chi connectivity index (χ1) is 5.34. The molecule has 1 unspecified atom stereocenters. The van der Waals surface area contributed by atoms with Crippen LogP contribution in [0.3, 0.4) is 0 Å². The van der Waals surface area contributed by atoms with Gasteiger partial charge in [0.2, 0.25) is 0 Å². The first-order valence-corrected chi connectivity index (χ1v) is 6.93. The van der Waals surface area contributed by atoms with E-state index in [0.29, 0.717) is 6.42 Å². The molecule has 0 aromatic heterocycles. The third-order valence-electron chi connectivity index (χ3n) is 2.62. The standard InChI is InChI=1S/C8H18O2Si/c9-5-4-8(10)11-6-2-1-3-7-11/h8-11H,1-7H2. The molecule has 1 heterocycles. The third kappa shape index (κ3) is 2.93. The van der Waals surface area contributed by atoms with Crippen molar-refractivity contribution < 1.29 is 10.2 Å². The maximum atomic E-state index is 9.58. The molecule has 0 radical (unpaired) electrons. The highest BCUT2D eigenvalue weighted by molar-refractivity contribution is 6.60. The Hall–Kier alpha value is 0.137. The molecule has 0 aliphatic carbocycles. The maximum Gasteiger partial charge on any atom is 0.0714 e. The van der Waals surface area contributed by atoms with Crippen molar-refractivity contribution >= 4 is 8.80 Å². The first-order valence-electron chi connectivity index (χ1n) is 4.63. The van der Waals surface area contributed by atoms with E-state index in [2.05, 4.69) is 0 Å². The first kappa shape index (κ1) is 9.23. The summed E-state index contributed by atoms with van der Waals surface area (Å²) in [7, 11) is -0.842. The van der Waals surface area contributed by atoms with Crippen molar-refractivity contribution in [2.75, 3.05) is 6.61 Å². The fourth-order valence-electron chi connectivity index (χ4n) is 1.89. The molecule has 2 N–H and O–H groups in total. The normalized spacial score (nSPS) is 23.5. The lowest BCUT2D eigenvalue weighted by Gasteiger charge is -2.24. The van der Waals surface area contributed by atoms with Crippen molar-refractivity contribution in [3.63, 3.8) is 0 Å². The second kappa shape index (κ2) is 4.90. The van der Waals surface area contributed by atoms with Gasteiger partial charge >= 0.3 is 0 Å². The van der Waals surface area contributed by atoms with E-state index in [1.54, 1.807) is 0 Å². The van der Waals surface area contributed by atoms with Crippen LogP contribution in [0.1, 0.15) is 25.7 Å². The van der Waals surface area contributed by atoms with E-state index in [9.17, 15) is 5.11 Å². The minimum Gasteiger partial charge on any atom is -0.397 e. The van der Waals surface area contributed by atoms with Crippen molar-refractivity contribution in [1.82, 2.24) is 0 Å². The molecular formula is C8H18O2Si. The predicted octanol–water partition coefficient (Wildman–Crippen LogP) is 0.680. The molecule has 1 rings (SSSR count). The molecule has 0 aromatic carbocycles. The fourth-order valence-corrected chi connectivity index (χ4v) is 5.19. The molecule has 1 fully saturated rings. The molecule has 1 aliphatic heterocycles. The maximum absolute atomic E-state index is 9.58. The molecular weight excluding hydrogens is 156 g/mol. The van der Waals surface area contributed by atoms with E-state index in [-0.39, 0.29) is 12.3 Å². The van der Waals surface area contributed by atoms with E-state index < -0.39 is 8.80 Å². The number of aliphatic hydroxyl groups is 2. The molecule has 0 amide bonds. The minimum atomic E-state index is -0.842. The van der Waals surface area contributed by atoms with Gasteiger partial charge < -0.3 is 10.2 Å². The molecule has 1 saturated heterocycles. The van der Waals surface area contributed by atoms with Gasteiger partial charge in [-0.3, -0.25) is 0 Å². The van der Waals surface area contributed by atoms with E-state index >= 15 is 0 Å². The lowest BCUT2D eigenvalue weighted by molar-refractivity contribution is 0.186. The highest BCUT2D eigenvalue weighted by atomic mass is 28.3. The highest BCUT2D eigenvalue weighted by Crippen LogP contribution is 2.21. The summed E-state index contributed by atoms with van der Waals surface area (Å²) in [6.45, 7) is 0.157. The molecule has 0 saturated carbocycles. The van der Waals surface area contributed by atoms with Crippen molar-refractivity contribution in [2.45, 2.75) is 43.5 Å². The van der Waals surface area contributed by atoms with Gasteiger partial charge in [0, 0.05) is 12.3 Å². The third-order valence-corrected chi connectivity index (χ3v) is 6.34. The number of aliphatic hydroxyl groups excluding tert-OH is 2. The zero-order valence-electron chi connectivity index (χ0n) is 7.00. The summed E-state index contributed by atoms with van der Waals surface area (Å²) in [5, 5.41) is 18.2. The van der Waals surface area contributed by atoms with Gasteiger partial charge in [0.15, 0.2) is 0 Å². The zero-order valence-corrected chi connectivity index (χ0v) is 8.15. The molecule has 0 bridgehead atoms. The van der Waals surface area contributed by atoms with Crippen molar-refractivity contribution in [3.05, 3.63) is 0 Å². The molecule has 0 aromatic rings. The van der Waals surface area contributed by atoms with E-state index in [1.807, 2.05) is 0 Å². The number of hydrogen-bond acceptors (Lipinski definition) is 2. The summed E-state index contributed by atoms with van der Waals surface area (Å²) >= 11 is 0. The van der Waals surface area contributed by atoms with E-state index in [0.717, 1.165) is 0 Å². The van der Waals surface area contributed by atoms with Crippen LogP contribution in [0.2, 0.25) is 12.1 Å². The van der Waals surface area contributed by atoms with Crippen molar-refractivity contribution in [1.29, 1.82) is 0 Å². The van der Waals surface area contributed by atoms with E-state index in [1.165, 1.54) is 31.4 Å². The number of hydrogen-bond donors (Lipinski definition) is 2. The molecule has 2 nitrogen and oxygen atoms in total. The summed E-state index contributed by atoms with van der Waals surface area (Å²) in [6, 6.07) is 2.59. The van der Waals surface area contributed by atoms with Crippen LogP contribution in [-0.2, 0) is 0 Å². The van der Waals surface area contributed by atoms with Crippen LogP contribution in [0.15, 0.2) is 0 Å². The molecule has 66 valence electrons. The van der Waals surface area contributed by atoms with Gasteiger partial charge in [0.25, 0.3) is 0 Å².